The highest BCUT2D eigenvalue weighted by molar-refractivity contribution is 6.30. The monoisotopic (exact) mass is 479 g/mol. The van der Waals surface area contributed by atoms with Gasteiger partial charge >= 0.3 is 0 Å². The van der Waals surface area contributed by atoms with Crippen LogP contribution in [0.5, 0.6) is 0 Å². The minimum Gasteiger partial charge on any atom is -0.309 e. The summed E-state index contributed by atoms with van der Waals surface area (Å²) in [4.78, 5) is 0. The molecule has 0 fully saturated rings. The number of nitrogens with zero attached hydrogens (tertiary/aromatic N) is 1. The van der Waals surface area contributed by atoms with E-state index in [1.807, 2.05) is 12.1 Å². The molecule has 0 aliphatic heterocycles. The zero-order valence-corrected chi connectivity index (χ0v) is 20.3. The summed E-state index contributed by atoms with van der Waals surface area (Å²) in [6.07, 6.45) is 0. The smallest absolute Gasteiger partial charge is 0.0619 e. The summed E-state index contributed by atoms with van der Waals surface area (Å²) < 4.78 is 2.43. The third-order valence-electron chi connectivity index (χ3n) is 7.02. The van der Waals surface area contributed by atoms with Crippen molar-refractivity contribution in [2.45, 2.75) is 0 Å². The molecule has 1 nitrogen and oxygen atoms in total. The molecule has 0 saturated heterocycles. The predicted molar refractivity (Wildman–Crippen MR) is 154 cm³/mol. The number of hydrogen-bond acceptors (Lipinski definition) is 0. The maximum atomic E-state index is 6.22. The SMILES string of the molecule is Clc1ccc(-c2cc(-c3ccccc3)cc(-n3c4ccccc4c4ccc5ccccc5c43)c2)cc1. The van der Waals surface area contributed by atoms with Gasteiger partial charge < -0.3 is 4.57 Å². The molecule has 36 heavy (non-hydrogen) atoms. The zero-order valence-electron chi connectivity index (χ0n) is 19.5. The van der Waals surface area contributed by atoms with Crippen LogP contribution < -0.4 is 0 Å². The fourth-order valence-corrected chi connectivity index (χ4v) is 5.47. The lowest BCUT2D eigenvalue weighted by atomic mass is 9.98. The second-order valence-corrected chi connectivity index (χ2v) is 9.61. The van der Waals surface area contributed by atoms with Gasteiger partial charge in [0.15, 0.2) is 0 Å². The predicted octanol–water partition coefficient (Wildman–Crippen LogP) is 9.92. The molecule has 1 aromatic heterocycles. The first-order valence-electron chi connectivity index (χ1n) is 12.1. The molecule has 0 amide bonds. The van der Waals surface area contributed by atoms with E-state index in [0.717, 1.165) is 21.8 Å². The minimum atomic E-state index is 0.743. The summed E-state index contributed by atoms with van der Waals surface area (Å²) in [5, 5.41) is 5.77. The largest absolute Gasteiger partial charge is 0.309 e. The lowest BCUT2D eigenvalue weighted by Gasteiger charge is -2.15. The lowest BCUT2D eigenvalue weighted by Crippen LogP contribution is -1.96. The Kier molecular flexibility index (Phi) is 4.90. The van der Waals surface area contributed by atoms with Gasteiger partial charge in [-0.25, -0.2) is 0 Å². The molecule has 0 aliphatic rings. The van der Waals surface area contributed by atoms with E-state index < -0.39 is 0 Å². The number of hydrogen-bond donors (Lipinski definition) is 0. The van der Waals surface area contributed by atoms with Crippen molar-refractivity contribution in [2.24, 2.45) is 0 Å². The molecule has 0 spiro atoms. The van der Waals surface area contributed by atoms with Gasteiger partial charge in [0.25, 0.3) is 0 Å². The molecule has 1 heterocycles. The summed E-state index contributed by atoms with van der Waals surface area (Å²) in [6.45, 7) is 0. The molecule has 0 saturated carbocycles. The van der Waals surface area contributed by atoms with E-state index in [4.69, 9.17) is 11.6 Å². The molecule has 6 aromatic carbocycles. The molecular formula is C34H22ClN. The van der Waals surface area contributed by atoms with Gasteiger partial charge in [-0.3, -0.25) is 0 Å². The Hall–Kier alpha value is -4.33. The Balaban J connectivity index is 1.61. The third kappa shape index (κ3) is 3.40. The Bertz CT molecular complexity index is 1880. The van der Waals surface area contributed by atoms with Crippen LogP contribution in [-0.4, -0.2) is 4.57 Å². The van der Waals surface area contributed by atoms with Gasteiger partial charge in [-0.15, -0.1) is 0 Å². The van der Waals surface area contributed by atoms with E-state index >= 15 is 0 Å². The van der Waals surface area contributed by atoms with Gasteiger partial charge in [0.1, 0.15) is 0 Å². The van der Waals surface area contributed by atoms with Crippen LogP contribution in [-0.2, 0) is 0 Å². The highest BCUT2D eigenvalue weighted by Crippen LogP contribution is 2.39. The molecule has 0 aliphatic carbocycles. The minimum absolute atomic E-state index is 0.743. The normalized spacial score (nSPS) is 11.5. The van der Waals surface area contributed by atoms with Crippen molar-refractivity contribution < 1.29 is 0 Å². The third-order valence-corrected chi connectivity index (χ3v) is 7.27. The van der Waals surface area contributed by atoms with Crippen LogP contribution in [0.2, 0.25) is 5.02 Å². The number of aromatic nitrogens is 1. The first kappa shape index (κ1) is 21.0. The maximum Gasteiger partial charge on any atom is 0.0619 e. The van der Waals surface area contributed by atoms with Crippen molar-refractivity contribution >= 4 is 44.2 Å². The van der Waals surface area contributed by atoms with Gasteiger partial charge in [0, 0.05) is 26.9 Å². The summed E-state index contributed by atoms with van der Waals surface area (Å²) in [7, 11) is 0. The van der Waals surface area contributed by atoms with E-state index in [0.29, 0.717) is 0 Å². The number of halogens is 1. The Labute approximate surface area is 214 Å². The fourth-order valence-electron chi connectivity index (χ4n) is 5.34. The average molecular weight is 480 g/mol. The molecule has 7 rings (SSSR count). The van der Waals surface area contributed by atoms with Gasteiger partial charge in [-0.1, -0.05) is 109 Å². The topological polar surface area (TPSA) is 4.93 Å². The highest BCUT2D eigenvalue weighted by Gasteiger charge is 2.16. The summed E-state index contributed by atoms with van der Waals surface area (Å²) in [5.74, 6) is 0. The number of benzene rings is 6. The van der Waals surface area contributed by atoms with Crippen LogP contribution in [0, 0.1) is 0 Å². The standard InChI is InChI=1S/C34H22ClN/c35-28-17-14-24(15-18-28)27-20-26(23-8-2-1-3-9-23)21-29(22-27)36-33-13-7-6-12-31(33)32-19-16-25-10-4-5-11-30(25)34(32)36/h1-22H. The zero-order chi connectivity index (χ0) is 24.1. The first-order valence-corrected chi connectivity index (χ1v) is 12.5. The first-order chi connectivity index (χ1) is 17.8. The van der Waals surface area contributed by atoms with Gasteiger partial charge in [0.2, 0.25) is 0 Å². The van der Waals surface area contributed by atoms with E-state index in [1.165, 1.54) is 43.7 Å². The van der Waals surface area contributed by atoms with E-state index in [1.54, 1.807) is 0 Å². The molecule has 0 unspecified atom stereocenters. The van der Waals surface area contributed by atoms with Gasteiger partial charge in [-0.2, -0.15) is 0 Å². The number of para-hydroxylation sites is 1. The van der Waals surface area contributed by atoms with Crippen LogP contribution in [0.3, 0.4) is 0 Å². The second kappa shape index (κ2) is 8.41. The molecule has 0 atom stereocenters. The van der Waals surface area contributed by atoms with Crippen molar-refractivity contribution in [3.05, 3.63) is 138 Å². The van der Waals surface area contributed by atoms with Crippen molar-refractivity contribution in [1.29, 1.82) is 0 Å². The van der Waals surface area contributed by atoms with Crippen LogP contribution >= 0.6 is 11.6 Å². The quantitative estimate of drug-likeness (QED) is 0.237. The van der Waals surface area contributed by atoms with Crippen LogP contribution in [0.1, 0.15) is 0 Å². The maximum absolute atomic E-state index is 6.22. The Morgan fingerprint density at radius 1 is 0.444 bits per heavy atom. The fraction of sp³-hybridized carbons (Fsp3) is 0. The lowest BCUT2D eigenvalue weighted by molar-refractivity contribution is 1.19. The Morgan fingerprint density at radius 3 is 1.86 bits per heavy atom. The van der Waals surface area contributed by atoms with E-state index in [2.05, 4.69) is 126 Å². The van der Waals surface area contributed by atoms with Crippen LogP contribution in [0.4, 0.5) is 0 Å². The number of rotatable bonds is 3. The Morgan fingerprint density at radius 2 is 1.08 bits per heavy atom. The molecule has 170 valence electrons. The molecule has 0 bridgehead atoms. The summed E-state index contributed by atoms with van der Waals surface area (Å²) in [6, 6.07) is 47.4. The second-order valence-electron chi connectivity index (χ2n) is 9.18. The molecule has 0 N–H and O–H groups in total. The number of fused-ring (bicyclic) bond motifs is 5. The summed E-state index contributed by atoms with van der Waals surface area (Å²) in [5.41, 5.74) is 8.27. The molecule has 2 heteroatoms. The van der Waals surface area contributed by atoms with Crippen molar-refractivity contribution in [3.8, 4) is 27.9 Å². The van der Waals surface area contributed by atoms with Gasteiger partial charge in [0.05, 0.1) is 11.0 Å². The van der Waals surface area contributed by atoms with Crippen molar-refractivity contribution in [1.82, 2.24) is 4.57 Å². The van der Waals surface area contributed by atoms with Crippen LogP contribution in [0.15, 0.2) is 133 Å². The van der Waals surface area contributed by atoms with E-state index in [9.17, 15) is 0 Å². The molecule has 7 aromatic rings. The summed E-state index contributed by atoms with van der Waals surface area (Å²) >= 11 is 6.22. The van der Waals surface area contributed by atoms with E-state index in [-0.39, 0.29) is 0 Å². The van der Waals surface area contributed by atoms with Crippen LogP contribution in [0.25, 0.3) is 60.5 Å². The van der Waals surface area contributed by atoms with Crippen molar-refractivity contribution in [3.63, 3.8) is 0 Å². The molecular weight excluding hydrogens is 458 g/mol. The van der Waals surface area contributed by atoms with Crippen molar-refractivity contribution in [2.75, 3.05) is 0 Å². The average Bonchev–Trinajstić information content (AvgIpc) is 3.29. The van der Waals surface area contributed by atoms with Gasteiger partial charge in [-0.05, 0) is 64.0 Å². The highest BCUT2D eigenvalue weighted by atomic mass is 35.5. The molecule has 0 radical (unpaired) electrons.